The van der Waals surface area contributed by atoms with Crippen LogP contribution in [0.15, 0.2) is 60.7 Å². The van der Waals surface area contributed by atoms with Gasteiger partial charge in [0.1, 0.15) is 0 Å². The Morgan fingerprint density at radius 2 is 1.76 bits per heavy atom. The Bertz CT molecular complexity index is 896. The molecule has 3 heteroatoms. The molecule has 1 fully saturated rings. The predicted octanol–water partition coefficient (Wildman–Crippen LogP) is 4.14. The predicted molar refractivity (Wildman–Crippen MR) is 104 cm³/mol. The number of likely N-dealkylation sites (tertiary alicyclic amines) is 1. The fourth-order valence-corrected chi connectivity index (χ4v) is 3.24. The Hall–Kier alpha value is -2.13. The molecule has 3 rings (SSSR count). The van der Waals surface area contributed by atoms with E-state index in [4.69, 9.17) is 9.60 Å². The molecule has 2 aromatic carbocycles. The Morgan fingerprint density at radius 1 is 1.12 bits per heavy atom. The van der Waals surface area contributed by atoms with Gasteiger partial charge in [0.2, 0.25) is 5.91 Å². The SMILES string of the molecule is [2H]C([2H])(CN1CCC(N(C(=O)C([2H])([2H])C([2H])([2H])[2H])c2ccccc2)CC1)c1ccccc1. The topological polar surface area (TPSA) is 23.6 Å². The second kappa shape index (κ2) is 8.82. The summed E-state index contributed by atoms with van der Waals surface area (Å²) in [5, 5.41) is 0. The van der Waals surface area contributed by atoms with E-state index in [-0.39, 0.29) is 12.6 Å². The highest BCUT2D eigenvalue weighted by Crippen LogP contribution is 2.24. The Balaban J connectivity index is 1.76. The van der Waals surface area contributed by atoms with Gasteiger partial charge in [-0.3, -0.25) is 4.79 Å². The van der Waals surface area contributed by atoms with Gasteiger partial charge < -0.3 is 9.80 Å². The van der Waals surface area contributed by atoms with Crippen LogP contribution in [0, 0.1) is 0 Å². The zero-order valence-electron chi connectivity index (χ0n) is 21.2. The summed E-state index contributed by atoms with van der Waals surface area (Å²) >= 11 is 0. The van der Waals surface area contributed by atoms with Gasteiger partial charge in [-0.05, 0) is 36.9 Å². The quantitative estimate of drug-likeness (QED) is 0.787. The number of benzene rings is 2. The van der Waals surface area contributed by atoms with Crippen LogP contribution in [0.2, 0.25) is 0 Å². The number of nitrogens with zero attached hydrogens (tertiary/aromatic N) is 2. The highest BCUT2D eigenvalue weighted by atomic mass is 16.2. The number of carbonyl (C=O) groups excluding carboxylic acids is 1. The molecule has 1 saturated heterocycles. The van der Waals surface area contributed by atoms with Crippen LogP contribution in [0.4, 0.5) is 5.69 Å². The maximum absolute atomic E-state index is 13.1. The van der Waals surface area contributed by atoms with Crippen molar-refractivity contribution in [1.82, 2.24) is 4.90 Å². The number of para-hydroxylation sites is 1. The maximum Gasteiger partial charge on any atom is 0.226 e. The van der Waals surface area contributed by atoms with Crippen LogP contribution < -0.4 is 4.90 Å². The lowest BCUT2D eigenvalue weighted by Crippen LogP contribution is -2.47. The first-order chi connectivity index (χ1) is 14.9. The third-order valence-electron chi connectivity index (χ3n) is 4.56. The first-order valence-corrected chi connectivity index (χ1v) is 8.60. The molecule has 0 spiro atoms. The van der Waals surface area contributed by atoms with E-state index in [2.05, 4.69) is 0 Å². The highest BCUT2D eigenvalue weighted by molar-refractivity contribution is 5.93. The lowest BCUT2D eigenvalue weighted by molar-refractivity contribution is -0.119. The molecule has 0 N–H and O–H groups in total. The van der Waals surface area contributed by atoms with Gasteiger partial charge in [0, 0.05) is 47.3 Å². The second-order valence-electron chi connectivity index (χ2n) is 6.19. The molecule has 0 aliphatic carbocycles. The van der Waals surface area contributed by atoms with Crippen LogP contribution in [0.3, 0.4) is 0 Å². The molecule has 0 atom stereocenters. The summed E-state index contributed by atoms with van der Waals surface area (Å²) in [7, 11) is 0. The van der Waals surface area contributed by atoms with E-state index < -0.39 is 25.5 Å². The molecule has 132 valence electrons. The Morgan fingerprint density at radius 3 is 2.40 bits per heavy atom. The van der Waals surface area contributed by atoms with Gasteiger partial charge in [0.05, 0.1) is 0 Å². The average molecular weight is 344 g/mol. The number of amides is 1. The van der Waals surface area contributed by atoms with Gasteiger partial charge in [0.25, 0.3) is 0 Å². The van der Waals surface area contributed by atoms with Gasteiger partial charge in [-0.1, -0.05) is 55.4 Å². The van der Waals surface area contributed by atoms with E-state index in [1.54, 1.807) is 42.5 Å². The number of piperidine rings is 1. The summed E-state index contributed by atoms with van der Waals surface area (Å²) in [4.78, 5) is 16.4. The van der Waals surface area contributed by atoms with Crippen molar-refractivity contribution in [2.75, 3.05) is 24.5 Å². The van der Waals surface area contributed by atoms with Crippen molar-refractivity contribution in [1.29, 1.82) is 0 Å². The van der Waals surface area contributed by atoms with E-state index in [1.165, 1.54) is 4.90 Å². The molecule has 1 amide bonds. The highest BCUT2D eigenvalue weighted by Gasteiger charge is 2.28. The Kier molecular flexibility index (Phi) is 3.80. The molecule has 1 aliphatic rings. The van der Waals surface area contributed by atoms with Crippen molar-refractivity contribution in [3.05, 3.63) is 66.2 Å². The van der Waals surface area contributed by atoms with Crippen LogP contribution in [0.25, 0.3) is 0 Å². The third kappa shape index (κ3) is 4.70. The minimum atomic E-state index is -3.08. The summed E-state index contributed by atoms with van der Waals surface area (Å²) in [6, 6.07) is 17.2. The molecule has 0 radical (unpaired) electrons. The number of hydrogen-bond donors (Lipinski definition) is 0. The molecule has 0 aromatic heterocycles. The van der Waals surface area contributed by atoms with Crippen molar-refractivity contribution in [3.63, 3.8) is 0 Å². The van der Waals surface area contributed by atoms with Gasteiger partial charge in [-0.2, -0.15) is 0 Å². The minimum Gasteiger partial charge on any atom is -0.309 e. The van der Waals surface area contributed by atoms with Crippen molar-refractivity contribution >= 4 is 11.6 Å². The first kappa shape index (κ1) is 10.8. The van der Waals surface area contributed by atoms with E-state index >= 15 is 0 Å². The fraction of sp³-hybridized carbons (Fsp3) is 0.409. The van der Waals surface area contributed by atoms with E-state index in [0.29, 0.717) is 37.2 Å². The zero-order chi connectivity index (χ0) is 23.6. The summed E-state index contributed by atoms with van der Waals surface area (Å²) < 4.78 is 55.4. The summed E-state index contributed by atoms with van der Waals surface area (Å²) in [6.45, 7) is -1.84. The molecule has 3 nitrogen and oxygen atoms in total. The van der Waals surface area contributed by atoms with Crippen molar-refractivity contribution < 1.29 is 14.4 Å². The molecule has 1 aliphatic heterocycles. The molecule has 1 heterocycles. The van der Waals surface area contributed by atoms with Gasteiger partial charge in [-0.25, -0.2) is 0 Å². The summed E-state index contributed by atoms with van der Waals surface area (Å²) in [5.74, 6) is -1.07. The number of anilines is 1. The van der Waals surface area contributed by atoms with Crippen LogP contribution in [-0.4, -0.2) is 36.5 Å². The van der Waals surface area contributed by atoms with Crippen LogP contribution in [0.1, 0.15) is 41.2 Å². The van der Waals surface area contributed by atoms with Crippen molar-refractivity contribution in [3.8, 4) is 0 Å². The first-order valence-electron chi connectivity index (χ1n) is 12.1. The standard InChI is InChI=1S/C22H28N2O/c1-2-22(25)24(20-11-7-4-8-12-20)21-14-17-23(18-15-21)16-13-19-9-5-3-6-10-19/h3-12,21H,2,13-18H2,1H3/i1D3,2D2,13D2. The monoisotopic (exact) mass is 343 g/mol. The van der Waals surface area contributed by atoms with E-state index in [9.17, 15) is 4.79 Å². The van der Waals surface area contributed by atoms with Crippen LogP contribution >= 0.6 is 0 Å². The molecule has 2 aromatic rings. The van der Waals surface area contributed by atoms with Gasteiger partial charge in [-0.15, -0.1) is 0 Å². The van der Waals surface area contributed by atoms with Crippen LogP contribution in [0.5, 0.6) is 0 Å². The smallest absolute Gasteiger partial charge is 0.226 e. The average Bonchev–Trinajstić information content (AvgIpc) is 2.75. The van der Waals surface area contributed by atoms with Gasteiger partial charge >= 0.3 is 0 Å². The largest absolute Gasteiger partial charge is 0.309 e. The molecule has 0 unspecified atom stereocenters. The normalized spacial score (nSPS) is 21.7. The molecule has 25 heavy (non-hydrogen) atoms. The lowest BCUT2D eigenvalue weighted by Gasteiger charge is -2.38. The second-order valence-corrected chi connectivity index (χ2v) is 6.19. The van der Waals surface area contributed by atoms with Crippen molar-refractivity contribution in [2.24, 2.45) is 0 Å². The maximum atomic E-state index is 13.1. The number of carbonyl (C=O) groups is 1. The summed E-state index contributed by atoms with van der Waals surface area (Å²) in [6.07, 6.45) is -3.56. The molecule has 0 saturated carbocycles. The van der Waals surface area contributed by atoms with Crippen LogP contribution in [-0.2, 0) is 11.2 Å². The molecular formula is C22H28N2O. The van der Waals surface area contributed by atoms with E-state index in [0.717, 1.165) is 0 Å². The summed E-state index contributed by atoms with van der Waals surface area (Å²) in [5.41, 5.74) is 1.07. The lowest BCUT2D eigenvalue weighted by atomic mass is 10.0. The number of hydrogen-bond acceptors (Lipinski definition) is 2. The fourth-order valence-electron chi connectivity index (χ4n) is 3.24. The molecule has 0 bridgehead atoms. The minimum absolute atomic E-state index is 0.207. The third-order valence-corrected chi connectivity index (χ3v) is 4.56. The van der Waals surface area contributed by atoms with E-state index in [1.807, 2.05) is 23.1 Å². The Labute approximate surface area is 161 Å². The zero-order valence-corrected chi connectivity index (χ0v) is 14.2. The molecular weight excluding hydrogens is 308 g/mol. The van der Waals surface area contributed by atoms with Crippen molar-refractivity contribution in [2.45, 2.75) is 38.5 Å². The number of rotatable bonds is 6. The van der Waals surface area contributed by atoms with Gasteiger partial charge in [0.15, 0.2) is 0 Å².